The van der Waals surface area contributed by atoms with E-state index in [1.807, 2.05) is 0 Å². The van der Waals surface area contributed by atoms with Crippen LogP contribution < -0.4 is 0 Å². The highest BCUT2D eigenvalue weighted by atomic mass is 32.2. The molecule has 1 saturated heterocycles. The molecule has 0 radical (unpaired) electrons. The van der Waals surface area contributed by atoms with Crippen LogP contribution in [0.1, 0.15) is 32.1 Å². The number of rotatable bonds is 7. The van der Waals surface area contributed by atoms with Crippen molar-refractivity contribution in [3.63, 3.8) is 0 Å². The Kier molecular flexibility index (Phi) is 5.41. The maximum atomic E-state index is 12.8. The number of imidazole rings is 1. The standard InChI is InChI=1S/C20H23N3O8S2/c1-9(24)12-15-20(3,5-6-31-10(2)25)13(14(19(27)28)23(15)17(12)26)11-7-22-8-21-16(18(22)32-11)33(4,29)30/h7-9,12,15,24H,5-6H2,1-4H3,(H,27,28)/t9?,12-,15-,20+/m1/s1. The fraction of sp³-hybridized carbons (Fsp3) is 0.500. The van der Waals surface area contributed by atoms with Crippen LogP contribution in [0.15, 0.2) is 23.2 Å². The van der Waals surface area contributed by atoms with Crippen molar-refractivity contribution in [3.05, 3.63) is 23.1 Å². The zero-order valence-electron chi connectivity index (χ0n) is 18.3. The summed E-state index contributed by atoms with van der Waals surface area (Å²) in [4.78, 5) is 42.4. The molecule has 2 aromatic heterocycles. The molecule has 178 valence electrons. The first kappa shape index (κ1) is 23.4. The van der Waals surface area contributed by atoms with Gasteiger partial charge in [-0.15, -0.1) is 11.3 Å². The number of hydrogen-bond donors (Lipinski definition) is 2. The Morgan fingerprint density at radius 1 is 1.39 bits per heavy atom. The number of carbonyl (C=O) groups excluding carboxylic acids is 2. The van der Waals surface area contributed by atoms with Crippen molar-refractivity contribution in [1.82, 2.24) is 14.3 Å². The van der Waals surface area contributed by atoms with Gasteiger partial charge in [-0.2, -0.15) is 0 Å². The van der Waals surface area contributed by atoms with Crippen molar-refractivity contribution in [3.8, 4) is 0 Å². The summed E-state index contributed by atoms with van der Waals surface area (Å²) in [7, 11) is -3.63. The van der Waals surface area contributed by atoms with E-state index >= 15 is 0 Å². The van der Waals surface area contributed by atoms with E-state index in [1.165, 1.54) is 29.5 Å². The van der Waals surface area contributed by atoms with E-state index in [0.29, 0.717) is 15.3 Å². The van der Waals surface area contributed by atoms with Crippen LogP contribution in [0.5, 0.6) is 0 Å². The molecular weight excluding hydrogens is 474 g/mol. The van der Waals surface area contributed by atoms with Crippen LogP contribution in [-0.2, 0) is 29.0 Å². The monoisotopic (exact) mass is 497 g/mol. The highest BCUT2D eigenvalue weighted by Gasteiger charge is 2.66. The van der Waals surface area contributed by atoms with E-state index in [4.69, 9.17) is 4.74 Å². The highest BCUT2D eigenvalue weighted by molar-refractivity contribution is 7.91. The number of amides is 1. The number of aliphatic carboxylic acids is 1. The van der Waals surface area contributed by atoms with Gasteiger partial charge in [-0.25, -0.2) is 18.2 Å². The number of carboxylic acids is 1. The predicted molar refractivity (Wildman–Crippen MR) is 116 cm³/mol. The van der Waals surface area contributed by atoms with Crippen molar-refractivity contribution in [2.75, 3.05) is 12.9 Å². The minimum Gasteiger partial charge on any atom is -0.477 e. The van der Waals surface area contributed by atoms with Crippen LogP contribution >= 0.6 is 11.3 Å². The molecule has 1 unspecified atom stereocenters. The van der Waals surface area contributed by atoms with Gasteiger partial charge in [-0.3, -0.25) is 14.0 Å². The average Bonchev–Trinajstić information content (AvgIpc) is 3.29. The van der Waals surface area contributed by atoms with Gasteiger partial charge in [0.05, 0.1) is 29.5 Å². The number of thiazole rings is 1. The van der Waals surface area contributed by atoms with Gasteiger partial charge in [-0.05, 0) is 13.3 Å². The average molecular weight is 498 g/mol. The van der Waals surface area contributed by atoms with E-state index in [2.05, 4.69) is 4.98 Å². The highest BCUT2D eigenvalue weighted by Crippen LogP contribution is 2.60. The number of sulfone groups is 1. The Hall–Kier alpha value is -2.77. The maximum Gasteiger partial charge on any atom is 0.352 e. The molecule has 13 heteroatoms. The largest absolute Gasteiger partial charge is 0.477 e. The second kappa shape index (κ2) is 7.64. The van der Waals surface area contributed by atoms with Crippen LogP contribution in [0.3, 0.4) is 0 Å². The van der Waals surface area contributed by atoms with Crippen molar-refractivity contribution in [2.45, 2.75) is 44.4 Å². The Labute approximate surface area is 193 Å². The quantitative estimate of drug-likeness (QED) is 0.417. The van der Waals surface area contributed by atoms with Gasteiger partial charge in [0.2, 0.25) is 5.91 Å². The zero-order chi connectivity index (χ0) is 24.5. The minimum absolute atomic E-state index is 0.0201. The van der Waals surface area contributed by atoms with E-state index < -0.39 is 51.2 Å². The lowest BCUT2D eigenvalue weighted by molar-refractivity contribution is -0.167. The lowest BCUT2D eigenvalue weighted by Crippen LogP contribution is -2.66. The van der Waals surface area contributed by atoms with Gasteiger partial charge < -0.3 is 19.8 Å². The molecule has 2 aliphatic heterocycles. The van der Waals surface area contributed by atoms with Crippen molar-refractivity contribution >= 4 is 49.4 Å². The molecule has 1 amide bonds. The summed E-state index contributed by atoms with van der Waals surface area (Å²) < 4.78 is 30.8. The summed E-state index contributed by atoms with van der Waals surface area (Å²) in [5.41, 5.74) is -0.872. The number of nitrogens with zero attached hydrogens (tertiary/aromatic N) is 3. The Morgan fingerprint density at radius 3 is 2.61 bits per heavy atom. The number of carbonyl (C=O) groups is 3. The normalized spacial score (nSPS) is 25.8. The van der Waals surface area contributed by atoms with Crippen LogP contribution in [0.2, 0.25) is 0 Å². The molecule has 33 heavy (non-hydrogen) atoms. The topological polar surface area (TPSA) is 156 Å². The first-order chi connectivity index (χ1) is 15.3. The third kappa shape index (κ3) is 3.45. The van der Waals surface area contributed by atoms with E-state index in [-0.39, 0.29) is 23.8 Å². The molecule has 0 spiro atoms. The Bertz CT molecular complexity index is 1320. The molecule has 0 saturated carbocycles. The Morgan fingerprint density at radius 2 is 2.06 bits per heavy atom. The summed E-state index contributed by atoms with van der Waals surface area (Å²) in [5, 5.41) is 20.2. The summed E-state index contributed by atoms with van der Waals surface area (Å²) in [6.07, 6.45) is 3.13. The predicted octanol–water partition coefficient (Wildman–Crippen LogP) is 0.776. The number of carboxylic acid groups (broad SMARTS) is 1. The van der Waals surface area contributed by atoms with Crippen LogP contribution in [0, 0.1) is 11.3 Å². The summed E-state index contributed by atoms with van der Waals surface area (Å²) in [6.45, 7) is 4.49. The van der Waals surface area contributed by atoms with E-state index in [9.17, 15) is 33.0 Å². The number of aliphatic hydroxyl groups is 1. The molecule has 0 bridgehead atoms. The second-order valence-electron chi connectivity index (χ2n) is 8.59. The Balaban J connectivity index is 1.92. The van der Waals surface area contributed by atoms with Crippen molar-refractivity contribution in [1.29, 1.82) is 0 Å². The lowest BCUT2D eigenvalue weighted by Gasteiger charge is -2.50. The molecule has 4 heterocycles. The molecule has 0 aromatic carbocycles. The SMILES string of the molecule is CC(=O)OCC[C@@]1(C)C(c2cn3cnc(S(C)(=O)=O)c3s2)=C(C(=O)O)N2C(=O)[C@H](C(C)O)[C@@H]21. The summed E-state index contributed by atoms with van der Waals surface area (Å²) >= 11 is 1.05. The van der Waals surface area contributed by atoms with Gasteiger partial charge in [0.15, 0.2) is 14.9 Å². The molecule has 2 aliphatic rings. The molecule has 1 fully saturated rings. The number of aromatic nitrogens is 2. The maximum absolute atomic E-state index is 12.8. The van der Waals surface area contributed by atoms with Gasteiger partial charge in [0, 0.05) is 30.4 Å². The molecule has 4 atom stereocenters. The van der Waals surface area contributed by atoms with Crippen LogP contribution in [0.25, 0.3) is 10.4 Å². The summed E-state index contributed by atoms with van der Waals surface area (Å²) in [6, 6.07) is -0.657. The number of hydrogen-bond acceptors (Lipinski definition) is 9. The number of β-lactam (4-membered cyclic amide) rings is 1. The van der Waals surface area contributed by atoms with Crippen LogP contribution in [-0.4, -0.2) is 75.8 Å². The molecule has 11 nitrogen and oxygen atoms in total. The van der Waals surface area contributed by atoms with Crippen molar-refractivity contribution in [2.24, 2.45) is 11.3 Å². The first-order valence-corrected chi connectivity index (χ1v) is 12.8. The molecule has 2 aromatic rings. The molecule has 4 rings (SSSR count). The van der Waals surface area contributed by atoms with Crippen molar-refractivity contribution < 1.29 is 37.8 Å². The van der Waals surface area contributed by atoms with Gasteiger partial charge in [0.1, 0.15) is 16.9 Å². The number of esters is 1. The second-order valence-corrected chi connectivity index (χ2v) is 11.5. The fourth-order valence-corrected chi connectivity index (χ4v) is 7.28. The number of fused-ring (bicyclic) bond motifs is 2. The summed E-state index contributed by atoms with van der Waals surface area (Å²) in [5.74, 6) is -3.13. The minimum atomic E-state index is -3.63. The van der Waals surface area contributed by atoms with Gasteiger partial charge in [0.25, 0.3) is 0 Å². The number of aliphatic hydroxyl groups excluding tert-OH is 1. The van der Waals surface area contributed by atoms with Gasteiger partial charge in [-0.1, -0.05) is 6.92 Å². The zero-order valence-corrected chi connectivity index (χ0v) is 19.9. The molecular formula is C20H23N3O8S2. The smallest absolute Gasteiger partial charge is 0.352 e. The fourth-order valence-electron chi connectivity index (χ4n) is 4.89. The van der Waals surface area contributed by atoms with Crippen LogP contribution in [0.4, 0.5) is 0 Å². The molecule has 2 N–H and O–H groups in total. The third-order valence-electron chi connectivity index (χ3n) is 6.27. The lowest BCUT2D eigenvalue weighted by atomic mass is 9.66. The number of ether oxygens (including phenoxy) is 1. The van der Waals surface area contributed by atoms with E-state index in [0.717, 1.165) is 17.6 Å². The first-order valence-electron chi connectivity index (χ1n) is 10.1. The van der Waals surface area contributed by atoms with E-state index in [1.54, 1.807) is 13.1 Å². The van der Waals surface area contributed by atoms with Gasteiger partial charge >= 0.3 is 11.9 Å². The molecule has 0 aliphatic carbocycles. The third-order valence-corrected chi connectivity index (χ3v) is 8.53.